The van der Waals surface area contributed by atoms with Crippen LogP contribution in [0.2, 0.25) is 0 Å². The van der Waals surface area contributed by atoms with Crippen molar-refractivity contribution in [3.05, 3.63) is 70.3 Å². The van der Waals surface area contributed by atoms with Crippen LogP contribution in [-0.4, -0.2) is 70.5 Å². The Labute approximate surface area is 181 Å². The lowest BCUT2D eigenvalue weighted by Gasteiger charge is -2.35. The van der Waals surface area contributed by atoms with Crippen molar-refractivity contribution in [1.82, 2.24) is 14.7 Å². The zero-order valence-corrected chi connectivity index (χ0v) is 17.9. The van der Waals surface area contributed by atoms with E-state index in [1.165, 1.54) is 11.0 Å². The van der Waals surface area contributed by atoms with Gasteiger partial charge >= 0.3 is 0 Å². The smallest absolute Gasteiger partial charge is 0.261 e. The number of rotatable bonds is 3. The van der Waals surface area contributed by atoms with Gasteiger partial charge < -0.3 is 9.80 Å². The molecule has 0 radical (unpaired) electrons. The molecule has 7 nitrogen and oxygen atoms in total. The molecule has 2 aromatic carbocycles. The van der Waals surface area contributed by atoms with Crippen molar-refractivity contribution < 1.29 is 19.2 Å². The lowest BCUT2D eigenvalue weighted by Crippen LogP contribution is -2.50. The highest BCUT2D eigenvalue weighted by Crippen LogP contribution is 2.26. The van der Waals surface area contributed by atoms with E-state index in [9.17, 15) is 19.2 Å². The number of fused-ring (bicyclic) bond motifs is 1. The van der Waals surface area contributed by atoms with Gasteiger partial charge in [-0.3, -0.25) is 24.1 Å². The van der Waals surface area contributed by atoms with Crippen molar-refractivity contribution in [2.45, 2.75) is 26.8 Å². The molecule has 2 heterocycles. The molecule has 2 aromatic rings. The minimum Gasteiger partial charge on any atom is -0.335 e. The summed E-state index contributed by atoms with van der Waals surface area (Å²) in [5.41, 5.74) is 2.60. The molecule has 0 spiro atoms. The third-order valence-electron chi connectivity index (χ3n) is 5.91. The second kappa shape index (κ2) is 7.98. The maximum Gasteiger partial charge on any atom is 0.261 e. The Hall–Kier alpha value is -3.48. The number of hydrogen-bond acceptors (Lipinski definition) is 4. The first-order valence-electron chi connectivity index (χ1n) is 10.5. The topological polar surface area (TPSA) is 78.0 Å². The molecule has 7 heteroatoms. The Bertz CT molecular complexity index is 1080. The first-order chi connectivity index (χ1) is 14.8. The molecule has 4 amide bonds. The highest BCUT2D eigenvalue weighted by molar-refractivity contribution is 6.22. The highest BCUT2D eigenvalue weighted by Gasteiger charge is 2.38. The fourth-order valence-corrected chi connectivity index (χ4v) is 4.14. The molecule has 160 valence electrons. The molecule has 0 aromatic heterocycles. The summed E-state index contributed by atoms with van der Waals surface area (Å²) in [5.74, 6) is -0.912. The zero-order valence-electron chi connectivity index (χ0n) is 17.9. The maximum absolute atomic E-state index is 13.0. The minimum atomic E-state index is -0.363. The molecule has 0 bridgehead atoms. The van der Waals surface area contributed by atoms with E-state index in [4.69, 9.17) is 0 Å². The molecule has 4 rings (SSSR count). The number of piperazine rings is 1. The summed E-state index contributed by atoms with van der Waals surface area (Å²) in [6, 6.07) is 11.9. The number of amides is 4. The number of benzene rings is 2. The van der Waals surface area contributed by atoms with Gasteiger partial charge in [-0.05, 0) is 50.6 Å². The van der Waals surface area contributed by atoms with Gasteiger partial charge in [0, 0.05) is 43.3 Å². The Kier molecular flexibility index (Phi) is 5.35. The van der Waals surface area contributed by atoms with Crippen LogP contribution >= 0.6 is 0 Å². The van der Waals surface area contributed by atoms with Gasteiger partial charge in [-0.2, -0.15) is 0 Å². The van der Waals surface area contributed by atoms with E-state index >= 15 is 0 Å². The largest absolute Gasteiger partial charge is 0.335 e. The van der Waals surface area contributed by atoms with Crippen molar-refractivity contribution in [2.24, 2.45) is 0 Å². The Morgan fingerprint density at radius 3 is 2.00 bits per heavy atom. The van der Waals surface area contributed by atoms with Gasteiger partial charge in [0.25, 0.3) is 23.6 Å². The van der Waals surface area contributed by atoms with Crippen LogP contribution in [0.3, 0.4) is 0 Å². The van der Waals surface area contributed by atoms with E-state index in [0.717, 1.165) is 5.56 Å². The molecule has 0 N–H and O–H groups in total. The van der Waals surface area contributed by atoms with Gasteiger partial charge in [-0.1, -0.05) is 18.2 Å². The van der Waals surface area contributed by atoms with E-state index in [1.807, 2.05) is 31.2 Å². The fraction of sp³-hybridized carbons (Fsp3) is 0.333. The summed E-state index contributed by atoms with van der Waals surface area (Å²) >= 11 is 0. The van der Waals surface area contributed by atoms with Crippen molar-refractivity contribution >= 4 is 23.6 Å². The molecule has 0 atom stereocenters. The van der Waals surface area contributed by atoms with Gasteiger partial charge in [-0.15, -0.1) is 0 Å². The van der Waals surface area contributed by atoms with Crippen LogP contribution in [0.4, 0.5) is 0 Å². The number of nitrogens with zero attached hydrogens (tertiary/aromatic N) is 3. The van der Waals surface area contributed by atoms with Crippen LogP contribution in [0.1, 0.15) is 60.8 Å². The summed E-state index contributed by atoms with van der Waals surface area (Å²) in [6.07, 6.45) is 0. The van der Waals surface area contributed by atoms with E-state index < -0.39 is 0 Å². The number of hydrogen-bond donors (Lipinski definition) is 0. The van der Waals surface area contributed by atoms with Gasteiger partial charge in [0.1, 0.15) is 0 Å². The minimum absolute atomic E-state index is 0.0272. The normalized spacial score (nSPS) is 16.2. The number of aryl methyl sites for hydroxylation is 1. The molecule has 2 aliphatic heterocycles. The van der Waals surface area contributed by atoms with E-state index in [0.29, 0.717) is 42.9 Å². The van der Waals surface area contributed by atoms with Crippen LogP contribution < -0.4 is 0 Å². The molecule has 0 aliphatic carbocycles. The molecule has 1 fully saturated rings. The SMILES string of the molecule is Cc1ccccc1C(=O)N1CCN(C(=O)c2ccc3c(c2)C(=O)N(C(C)C)C3=O)CC1. The molecular weight excluding hydrogens is 394 g/mol. The summed E-state index contributed by atoms with van der Waals surface area (Å²) in [7, 11) is 0. The average Bonchev–Trinajstić information content (AvgIpc) is 3.03. The average molecular weight is 419 g/mol. The maximum atomic E-state index is 13.0. The third kappa shape index (κ3) is 3.60. The van der Waals surface area contributed by atoms with E-state index in [2.05, 4.69) is 0 Å². The summed E-state index contributed by atoms with van der Waals surface area (Å²) in [5, 5.41) is 0. The Morgan fingerprint density at radius 2 is 1.39 bits per heavy atom. The first kappa shape index (κ1) is 20.8. The predicted octanol–water partition coefficient (Wildman–Crippen LogP) is 2.60. The first-order valence-corrected chi connectivity index (χ1v) is 10.5. The quantitative estimate of drug-likeness (QED) is 0.717. The highest BCUT2D eigenvalue weighted by atomic mass is 16.2. The molecule has 2 aliphatic rings. The van der Waals surface area contributed by atoms with Crippen LogP contribution in [0.5, 0.6) is 0 Å². The van der Waals surface area contributed by atoms with Gasteiger partial charge in [-0.25, -0.2) is 0 Å². The molecule has 0 saturated carbocycles. The van der Waals surface area contributed by atoms with Gasteiger partial charge in [0.05, 0.1) is 11.1 Å². The van der Waals surface area contributed by atoms with Crippen molar-refractivity contribution in [1.29, 1.82) is 0 Å². The van der Waals surface area contributed by atoms with Crippen molar-refractivity contribution in [3.63, 3.8) is 0 Å². The molecular formula is C24H25N3O4. The number of carbonyl (C=O) groups excluding carboxylic acids is 4. The van der Waals surface area contributed by atoms with Crippen LogP contribution in [0, 0.1) is 6.92 Å². The zero-order chi connectivity index (χ0) is 22.3. The molecule has 31 heavy (non-hydrogen) atoms. The van der Waals surface area contributed by atoms with Crippen LogP contribution in [0.15, 0.2) is 42.5 Å². The van der Waals surface area contributed by atoms with Gasteiger partial charge in [0.15, 0.2) is 0 Å². The fourth-order valence-electron chi connectivity index (χ4n) is 4.14. The Balaban J connectivity index is 1.46. The number of carbonyl (C=O) groups is 4. The monoisotopic (exact) mass is 419 g/mol. The predicted molar refractivity (Wildman–Crippen MR) is 115 cm³/mol. The van der Waals surface area contributed by atoms with Gasteiger partial charge in [0.2, 0.25) is 0 Å². The van der Waals surface area contributed by atoms with Crippen molar-refractivity contribution in [2.75, 3.05) is 26.2 Å². The second-order valence-corrected chi connectivity index (χ2v) is 8.23. The van der Waals surface area contributed by atoms with Crippen LogP contribution in [0.25, 0.3) is 0 Å². The van der Waals surface area contributed by atoms with Crippen molar-refractivity contribution in [3.8, 4) is 0 Å². The lowest BCUT2D eigenvalue weighted by molar-refractivity contribution is 0.0535. The third-order valence-corrected chi connectivity index (χ3v) is 5.91. The van der Waals surface area contributed by atoms with E-state index in [-0.39, 0.29) is 35.2 Å². The second-order valence-electron chi connectivity index (χ2n) is 8.23. The standard InChI is InChI=1S/C24H25N3O4/c1-15(2)27-23(30)19-9-8-17(14-20(19)24(27)31)21(28)25-10-12-26(13-11-25)22(29)18-7-5-4-6-16(18)3/h4-9,14-15H,10-13H2,1-3H3. The summed E-state index contributed by atoms with van der Waals surface area (Å²) in [4.78, 5) is 55.5. The molecule has 1 saturated heterocycles. The Morgan fingerprint density at radius 1 is 0.806 bits per heavy atom. The number of imide groups is 1. The summed E-state index contributed by atoms with van der Waals surface area (Å²) in [6.45, 7) is 7.20. The lowest BCUT2D eigenvalue weighted by atomic mass is 10.0. The van der Waals surface area contributed by atoms with Crippen LogP contribution in [-0.2, 0) is 0 Å². The molecule has 0 unspecified atom stereocenters. The summed E-state index contributed by atoms with van der Waals surface area (Å²) < 4.78 is 0. The van der Waals surface area contributed by atoms with E-state index in [1.54, 1.807) is 35.8 Å².